The zero-order valence-corrected chi connectivity index (χ0v) is 18.4. The molecule has 4 aliphatic carbocycles. The lowest BCUT2D eigenvalue weighted by molar-refractivity contribution is -0.136. The summed E-state index contributed by atoms with van der Waals surface area (Å²) in [4.78, 5) is 26.7. The van der Waals surface area contributed by atoms with Gasteiger partial charge in [-0.05, 0) is 62.8 Å². The van der Waals surface area contributed by atoms with E-state index in [0.29, 0.717) is 29.4 Å². The Kier molecular flexibility index (Phi) is 4.64. The number of hydrogen-bond donors (Lipinski definition) is 3. The molecule has 5 aliphatic rings. The van der Waals surface area contributed by atoms with Gasteiger partial charge in [0.05, 0.1) is 17.5 Å². The van der Waals surface area contributed by atoms with Crippen LogP contribution in [0.25, 0.3) is 0 Å². The summed E-state index contributed by atoms with van der Waals surface area (Å²) in [6, 6.07) is 2.06. The zero-order chi connectivity index (χ0) is 21.9. The molecule has 7 rings (SSSR count). The van der Waals surface area contributed by atoms with Crippen molar-refractivity contribution in [2.45, 2.75) is 56.7 Å². The van der Waals surface area contributed by atoms with E-state index in [1.807, 2.05) is 12.4 Å². The van der Waals surface area contributed by atoms with Gasteiger partial charge in [0.15, 0.2) is 0 Å². The molecule has 9 nitrogen and oxygen atoms in total. The number of carbonyl (C=O) groups excluding carboxylic acids is 1. The molecule has 2 aromatic rings. The lowest BCUT2D eigenvalue weighted by Gasteiger charge is -2.58. The summed E-state index contributed by atoms with van der Waals surface area (Å²) in [5.41, 5.74) is 1.02. The average Bonchev–Trinajstić information content (AvgIpc) is 3.30. The van der Waals surface area contributed by atoms with Crippen LogP contribution in [0.15, 0.2) is 24.7 Å². The van der Waals surface area contributed by atoms with E-state index in [2.05, 4.69) is 42.2 Å². The van der Waals surface area contributed by atoms with Crippen LogP contribution in [0.4, 0.5) is 11.6 Å². The molecule has 1 amide bonds. The first-order chi connectivity index (χ1) is 15.5. The highest BCUT2D eigenvalue weighted by molar-refractivity contribution is 5.92. The number of aromatic amines is 1. The minimum Gasteiger partial charge on any atom is -0.390 e. The zero-order valence-electron chi connectivity index (χ0n) is 18.4. The second-order valence-corrected chi connectivity index (χ2v) is 10.4. The number of aliphatic hydroxyl groups is 1. The molecule has 170 valence electrons. The molecule has 2 unspecified atom stereocenters. The lowest BCUT2D eigenvalue weighted by atomic mass is 9.52. The summed E-state index contributed by atoms with van der Waals surface area (Å²) in [6.45, 7) is 4.62. The molecule has 3 heterocycles. The monoisotopic (exact) mass is 437 g/mol. The maximum Gasteiger partial charge on any atom is 0.270 e. The lowest BCUT2D eigenvalue weighted by Crippen LogP contribution is -2.61. The molecule has 2 aromatic heterocycles. The Bertz CT molecular complexity index is 980. The SMILES string of the molecule is C[C@@H]1CN(c2cn[nH]c2)CCN1c1nccc(C(=O)NC2C3CC4CC2CC(O)(C4)C3)n1. The van der Waals surface area contributed by atoms with E-state index < -0.39 is 5.60 Å². The van der Waals surface area contributed by atoms with E-state index in [4.69, 9.17) is 0 Å². The topological polar surface area (TPSA) is 110 Å². The van der Waals surface area contributed by atoms with Crippen molar-refractivity contribution in [1.82, 2.24) is 25.5 Å². The molecular weight excluding hydrogens is 406 g/mol. The van der Waals surface area contributed by atoms with Gasteiger partial charge >= 0.3 is 0 Å². The second kappa shape index (κ2) is 7.43. The minimum absolute atomic E-state index is 0.122. The summed E-state index contributed by atoms with van der Waals surface area (Å²) in [6.07, 6.45) is 10.3. The maximum atomic E-state index is 13.1. The van der Waals surface area contributed by atoms with E-state index in [-0.39, 0.29) is 18.0 Å². The van der Waals surface area contributed by atoms with E-state index >= 15 is 0 Å². The molecule has 0 aromatic carbocycles. The molecule has 5 fully saturated rings. The van der Waals surface area contributed by atoms with Gasteiger partial charge in [-0.2, -0.15) is 5.10 Å². The summed E-state index contributed by atoms with van der Waals surface area (Å²) < 4.78 is 0. The Morgan fingerprint density at radius 1 is 1.25 bits per heavy atom. The number of H-pyrrole nitrogens is 1. The van der Waals surface area contributed by atoms with Gasteiger partial charge in [0.2, 0.25) is 5.95 Å². The van der Waals surface area contributed by atoms with Crippen molar-refractivity contribution in [3.8, 4) is 0 Å². The second-order valence-electron chi connectivity index (χ2n) is 10.4. The van der Waals surface area contributed by atoms with E-state index in [1.54, 1.807) is 12.3 Å². The summed E-state index contributed by atoms with van der Waals surface area (Å²) >= 11 is 0. The first kappa shape index (κ1) is 20.0. The summed E-state index contributed by atoms with van der Waals surface area (Å²) in [7, 11) is 0. The van der Waals surface area contributed by atoms with Gasteiger partial charge in [-0.1, -0.05) is 0 Å². The van der Waals surface area contributed by atoms with Crippen molar-refractivity contribution in [2.75, 3.05) is 29.4 Å². The van der Waals surface area contributed by atoms with Crippen molar-refractivity contribution in [1.29, 1.82) is 0 Å². The Morgan fingerprint density at radius 2 is 2.06 bits per heavy atom. The van der Waals surface area contributed by atoms with Crippen LogP contribution >= 0.6 is 0 Å². The number of rotatable bonds is 4. The van der Waals surface area contributed by atoms with E-state index in [1.165, 1.54) is 0 Å². The number of nitrogens with zero attached hydrogens (tertiary/aromatic N) is 5. The van der Waals surface area contributed by atoms with Crippen molar-refractivity contribution in [3.63, 3.8) is 0 Å². The molecule has 4 bridgehead atoms. The van der Waals surface area contributed by atoms with Crippen LogP contribution in [0.2, 0.25) is 0 Å². The van der Waals surface area contributed by atoms with Crippen molar-refractivity contribution in [3.05, 3.63) is 30.4 Å². The van der Waals surface area contributed by atoms with Gasteiger partial charge in [0, 0.05) is 44.1 Å². The van der Waals surface area contributed by atoms with Crippen LogP contribution in [0, 0.1) is 17.8 Å². The first-order valence-corrected chi connectivity index (χ1v) is 11.8. The number of piperazine rings is 1. The van der Waals surface area contributed by atoms with Crippen molar-refractivity contribution in [2.24, 2.45) is 17.8 Å². The minimum atomic E-state index is -0.492. The third kappa shape index (κ3) is 3.43. The van der Waals surface area contributed by atoms with Crippen LogP contribution in [0.5, 0.6) is 0 Å². The van der Waals surface area contributed by atoms with Gasteiger partial charge in [0.1, 0.15) is 5.69 Å². The van der Waals surface area contributed by atoms with E-state index in [0.717, 1.165) is 57.4 Å². The normalized spacial score (nSPS) is 35.9. The van der Waals surface area contributed by atoms with Gasteiger partial charge < -0.3 is 20.2 Å². The fraction of sp³-hybridized carbons (Fsp3) is 0.652. The Balaban J connectivity index is 1.14. The first-order valence-electron chi connectivity index (χ1n) is 11.8. The molecule has 3 atom stereocenters. The molecule has 1 aliphatic heterocycles. The van der Waals surface area contributed by atoms with E-state index in [9.17, 15) is 9.90 Å². The molecule has 4 saturated carbocycles. The maximum absolute atomic E-state index is 13.1. The number of nitrogens with one attached hydrogen (secondary N) is 2. The van der Waals surface area contributed by atoms with Gasteiger partial charge in [0.25, 0.3) is 5.91 Å². The molecule has 3 N–H and O–H groups in total. The largest absolute Gasteiger partial charge is 0.390 e. The quantitative estimate of drug-likeness (QED) is 0.666. The Labute approximate surface area is 187 Å². The molecule has 0 spiro atoms. The fourth-order valence-corrected chi connectivity index (χ4v) is 6.96. The molecule has 1 saturated heterocycles. The van der Waals surface area contributed by atoms with Crippen LogP contribution < -0.4 is 15.1 Å². The van der Waals surface area contributed by atoms with Gasteiger partial charge in [-0.3, -0.25) is 9.89 Å². The third-order valence-electron chi connectivity index (χ3n) is 8.15. The number of anilines is 2. The standard InChI is InChI=1S/C23H31N7O2/c1-14-13-29(18-11-25-26-12-18)4-5-30(14)22-24-3-2-19(27-22)21(31)28-20-16-6-15-7-17(20)10-23(32,8-15)9-16/h2-3,11-12,14-17,20,32H,4-10,13H2,1H3,(H,25,26)(H,28,31)/t14-,15?,16?,17?,20?,23?/m1/s1. The highest BCUT2D eigenvalue weighted by atomic mass is 16.3. The highest BCUT2D eigenvalue weighted by Gasteiger charge is 2.55. The van der Waals surface area contributed by atoms with Crippen LogP contribution in [0.1, 0.15) is 49.5 Å². The number of carbonyl (C=O) groups is 1. The predicted molar refractivity (Wildman–Crippen MR) is 119 cm³/mol. The van der Waals surface area contributed by atoms with Gasteiger partial charge in [-0.15, -0.1) is 0 Å². The van der Waals surface area contributed by atoms with Crippen molar-refractivity contribution < 1.29 is 9.90 Å². The number of hydrogen-bond acceptors (Lipinski definition) is 7. The average molecular weight is 438 g/mol. The van der Waals surface area contributed by atoms with Gasteiger partial charge in [-0.25, -0.2) is 9.97 Å². The Hall–Kier alpha value is -2.68. The Morgan fingerprint density at radius 3 is 2.75 bits per heavy atom. The molecule has 0 radical (unpaired) electrons. The van der Waals surface area contributed by atoms with Crippen LogP contribution in [-0.2, 0) is 0 Å². The summed E-state index contributed by atoms with van der Waals surface area (Å²) in [5, 5.41) is 21.0. The smallest absolute Gasteiger partial charge is 0.270 e. The predicted octanol–water partition coefficient (Wildman–Crippen LogP) is 1.58. The number of amides is 1. The molecule has 9 heteroatoms. The molecule has 32 heavy (non-hydrogen) atoms. The van der Waals surface area contributed by atoms with Crippen LogP contribution in [-0.4, -0.2) is 68.5 Å². The fourth-order valence-electron chi connectivity index (χ4n) is 6.96. The highest BCUT2D eigenvalue weighted by Crippen LogP contribution is 2.55. The number of aromatic nitrogens is 4. The summed E-state index contributed by atoms with van der Waals surface area (Å²) in [5.74, 6) is 1.87. The van der Waals surface area contributed by atoms with Crippen LogP contribution in [0.3, 0.4) is 0 Å². The third-order valence-corrected chi connectivity index (χ3v) is 8.15. The van der Waals surface area contributed by atoms with Crippen molar-refractivity contribution >= 4 is 17.5 Å². The molecular formula is C23H31N7O2.